The van der Waals surface area contributed by atoms with Gasteiger partial charge in [-0.1, -0.05) is 12.1 Å². The lowest BCUT2D eigenvalue weighted by molar-refractivity contribution is -0.151. The van der Waals surface area contributed by atoms with Gasteiger partial charge in [-0.25, -0.2) is 9.59 Å². The second-order valence-corrected chi connectivity index (χ2v) is 4.88. The van der Waals surface area contributed by atoms with E-state index in [0.29, 0.717) is 11.3 Å². The van der Waals surface area contributed by atoms with E-state index in [1.54, 1.807) is 24.3 Å². The third-order valence-electron chi connectivity index (χ3n) is 2.95. The highest BCUT2D eigenvalue weighted by atomic mass is 16.6. The summed E-state index contributed by atoms with van der Waals surface area (Å²) in [6.45, 7) is -3.09. The van der Waals surface area contributed by atoms with E-state index in [9.17, 15) is 19.2 Å². The summed E-state index contributed by atoms with van der Waals surface area (Å²) in [5.74, 6) is -3.29. The Morgan fingerprint density at radius 3 is 1.73 bits per heavy atom. The fraction of sp³-hybridized carbons (Fsp3) is 0.294. The van der Waals surface area contributed by atoms with Gasteiger partial charge in [-0.15, -0.1) is 0 Å². The molecule has 0 radical (unpaired) electrons. The second-order valence-electron chi connectivity index (χ2n) is 4.88. The molecule has 140 valence electrons. The Labute approximate surface area is 148 Å². The van der Waals surface area contributed by atoms with Crippen LogP contribution in [-0.4, -0.2) is 67.3 Å². The highest BCUT2D eigenvalue weighted by Gasteiger charge is 2.23. The molecule has 0 bridgehead atoms. The molecule has 1 aromatic carbocycles. The van der Waals surface area contributed by atoms with E-state index in [2.05, 4.69) is 9.47 Å². The number of hydrogen-bond acceptors (Lipinski definition) is 9. The molecule has 0 saturated carbocycles. The van der Waals surface area contributed by atoms with Crippen molar-refractivity contribution in [3.8, 4) is 5.75 Å². The van der Waals surface area contributed by atoms with Gasteiger partial charge in [0.15, 0.2) is 24.8 Å². The highest BCUT2D eigenvalue weighted by molar-refractivity contribution is 6.18. The quantitative estimate of drug-likeness (QED) is 0.238. The van der Waals surface area contributed by atoms with Gasteiger partial charge in [-0.2, -0.15) is 0 Å². The van der Waals surface area contributed by atoms with Gasteiger partial charge in [0.2, 0.25) is 0 Å². The molecule has 0 amide bonds. The molecule has 0 spiro atoms. The molecule has 2 N–H and O–H groups in total. The van der Waals surface area contributed by atoms with Crippen molar-refractivity contribution in [2.75, 3.05) is 33.5 Å². The number of aliphatic hydroxyl groups excluding tert-OH is 2. The minimum absolute atomic E-state index is 0.427. The normalized spacial score (nSPS) is 9.81. The first-order valence-corrected chi connectivity index (χ1v) is 7.36. The Kier molecular flexibility index (Phi) is 8.68. The number of esters is 2. The Bertz CT molecular complexity index is 655. The fourth-order valence-electron chi connectivity index (χ4n) is 1.61. The lowest BCUT2D eigenvalue weighted by atomic mass is 10.1. The molecular weight excluding hydrogens is 348 g/mol. The smallest absolute Gasteiger partial charge is 0.346 e. The van der Waals surface area contributed by atoms with Gasteiger partial charge in [0.25, 0.3) is 0 Å². The third kappa shape index (κ3) is 6.83. The van der Waals surface area contributed by atoms with Crippen LogP contribution in [0.4, 0.5) is 0 Å². The zero-order valence-electron chi connectivity index (χ0n) is 14.0. The summed E-state index contributed by atoms with van der Waals surface area (Å²) in [7, 11) is 1.47. The average molecular weight is 366 g/mol. The molecule has 0 heterocycles. The van der Waals surface area contributed by atoms with Crippen molar-refractivity contribution >= 4 is 29.6 Å². The molecule has 0 atom stereocenters. The van der Waals surface area contributed by atoms with Gasteiger partial charge in [-0.3, -0.25) is 9.59 Å². The fourth-order valence-corrected chi connectivity index (χ4v) is 1.61. The second kappa shape index (κ2) is 10.7. The van der Waals surface area contributed by atoms with Crippen LogP contribution < -0.4 is 4.74 Å². The van der Waals surface area contributed by atoms with Gasteiger partial charge in [0.05, 0.1) is 7.11 Å². The summed E-state index contributed by atoms with van der Waals surface area (Å²) in [6.07, 6.45) is 1.15. The minimum Gasteiger partial charge on any atom is -0.497 e. The van der Waals surface area contributed by atoms with E-state index < -0.39 is 55.5 Å². The Hall–Kier alpha value is -3.04. The van der Waals surface area contributed by atoms with Crippen molar-refractivity contribution in [1.29, 1.82) is 0 Å². The van der Waals surface area contributed by atoms with Crippen LogP contribution in [0.2, 0.25) is 0 Å². The summed E-state index contributed by atoms with van der Waals surface area (Å²) in [5, 5.41) is 17.3. The Morgan fingerprint density at radius 2 is 1.35 bits per heavy atom. The predicted octanol–water partition coefficient (Wildman–Crippen LogP) is -0.712. The maximum Gasteiger partial charge on any atom is 0.346 e. The summed E-state index contributed by atoms with van der Waals surface area (Å²) in [5.41, 5.74) is -0.136. The van der Waals surface area contributed by atoms with Gasteiger partial charge >= 0.3 is 11.9 Å². The van der Waals surface area contributed by atoms with Crippen molar-refractivity contribution in [2.24, 2.45) is 0 Å². The van der Waals surface area contributed by atoms with Crippen LogP contribution in [0.15, 0.2) is 29.8 Å². The van der Waals surface area contributed by atoms with Gasteiger partial charge in [0.1, 0.15) is 24.5 Å². The van der Waals surface area contributed by atoms with Crippen LogP contribution in [0, 0.1) is 0 Å². The third-order valence-corrected chi connectivity index (χ3v) is 2.95. The molecule has 0 unspecified atom stereocenters. The number of aliphatic hydroxyl groups is 2. The first-order valence-electron chi connectivity index (χ1n) is 7.36. The molecule has 26 heavy (non-hydrogen) atoms. The maximum atomic E-state index is 12.1. The molecular formula is C17H18O9. The summed E-state index contributed by atoms with van der Waals surface area (Å²) in [6, 6.07) is 6.28. The highest BCUT2D eigenvalue weighted by Crippen LogP contribution is 2.15. The predicted molar refractivity (Wildman–Crippen MR) is 87.1 cm³/mol. The van der Waals surface area contributed by atoms with Crippen LogP contribution in [-0.2, 0) is 28.7 Å². The topological polar surface area (TPSA) is 136 Å². The number of benzene rings is 1. The van der Waals surface area contributed by atoms with E-state index >= 15 is 0 Å². The number of carbonyl (C=O) groups excluding carboxylic acids is 4. The zero-order chi connectivity index (χ0) is 19.5. The maximum absolute atomic E-state index is 12.1. The van der Waals surface area contributed by atoms with Crippen molar-refractivity contribution in [1.82, 2.24) is 0 Å². The number of carbonyl (C=O) groups is 4. The Balaban J connectivity index is 3.00. The van der Waals surface area contributed by atoms with Crippen LogP contribution in [0.25, 0.3) is 6.08 Å². The number of hydrogen-bond donors (Lipinski definition) is 2. The molecule has 0 saturated heterocycles. The monoisotopic (exact) mass is 366 g/mol. The Morgan fingerprint density at radius 1 is 0.885 bits per heavy atom. The van der Waals surface area contributed by atoms with E-state index in [1.807, 2.05) is 0 Å². The summed E-state index contributed by atoms with van der Waals surface area (Å²) < 4.78 is 14.3. The molecule has 0 fully saturated rings. The van der Waals surface area contributed by atoms with Gasteiger partial charge in [0, 0.05) is 0 Å². The lowest BCUT2D eigenvalue weighted by Gasteiger charge is -2.08. The van der Waals surface area contributed by atoms with Crippen molar-refractivity contribution < 1.29 is 43.6 Å². The van der Waals surface area contributed by atoms with Crippen LogP contribution in [0.3, 0.4) is 0 Å². The zero-order valence-corrected chi connectivity index (χ0v) is 14.0. The number of ketones is 2. The number of methoxy groups -OCH3 is 1. The van der Waals surface area contributed by atoms with Crippen LogP contribution in [0.1, 0.15) is 5.56 Å². The molecule has 0 aliphatic carbocycles. The summed E-state index contributed by atoms with van der Waals surface area (Å²) >= 11 is 0. The van der Waals surface area contributed by atoms with E-state index in [-0.39, 0.29) is 0 Å². The number of ether oxygens (including phenoxy) is 3. The van der Waals surface area contributed by atoms with Crippen LogP contribution >= 0.6 is 0 Å². The molecule has 0 aliphatic rings. The minimum atomic E-state index is -1.16. The molecule has 1 rings (SSSR count). The lowest BCUT2D eigenvalue weighted by Crippen LogP contribution is -2.24. The van der Waals surface area contributed by atoms with Gasteiger partial charge in [-0.05, 0) is 23.8 Å². The average Bonchev–Trinajstić information content (AvgIpc) is 2.68. The van der Waals surface area contributed by atoms with E-state index in [1.165, 1.54) is 7.11 Å². The molecule has 9 nitrogen and oxygen atoms in total. The molecule has 0 aliphatic heterocycles. The number of Topliss-reactive ketones (excluding diaryl/α,β-unsaturated/α-hetero) is 2. The van der Waals surface area contributed by atoms with Gasteiger partial charge < -0.3 is 24.4 Å². The first-order chi connectivity index (χ1) is 12.4. The largest absolute Gasteiger partial charge is 0.497 e. The molecule has 1 aromatic rings. The van der Waals surface area contributed by atoms with Crippen molar-refractivity contribution in [2.45, 2.75) is 0 Å². The summed E-state index contributed by atoms with van der Waals surface area (Å²) in [4.78, 5) is 46.2. The van der Waals surface area contributed by atoms with E-state index in [4.69, 9.17) is 14.9 Å². The van der Waals surface area contributed by atoms with Crippen LogP contribution in [0.5, 0.6) is 5.75 Å². The molecule has 0 aromatic heterocycles. The molecule has 9 heteroatoms. The first kappa shape index (κ1) is 21.0. The van der Waals surface area contributed by atoms with E-state index in [0.717, 1.165) is 6.08 Å². The SMILES string of the molecule is COc1ccc(C=C(C(=O)OCC(=O)CO)C(=O)OCC(=O)CO)cc1. The standard InChI is InChI=1S/C17H18O9/c1-24-14-4-2-11(3-5-14)6-15(16(22)25-9-12(20)7-18)17(23)26-10-13(21)8-19/h2-6,18-19H,7-10H2,1H3. The van der Waals surface area contributed by atoms with Crippen molar-refractivity contribution in [3.63, 3.8) is 0 Å². The number of rotatable bonds is 10. The van der Waals surface area contributed by atoms with Crippen molar-refractivity contribution in [3.05, 3.63) is 35.4 Å².